The Morgan fingerprint density at radius 2 is 1.28 bits per heavy atom. The molecule has 9 rings (SSSR count). The molecule has 79 heavy (non-hydrogen) atoms. The number of aryl methyl sites for hydroxylation is 5. The van der Waals surface area contributed by atoms with Gasteiger partial charge in [0.25, 0.3) is 0 Å². The van der Waals surface area contributed by atoms with Gasteiger partial charge in [0.15, 0.2) is 0 Å². The second-order valence-electron chi connectivity index (χ2n) is 23.9. The summed E-state index contributed by atoms with van der Waals surface area (Å²) < 4.78 is 9.96. The number of aromatic nitrogens is 2. The number of rotatable bonds is 18. The number of H-pyrrole nitrogens is 1. The lowest BCUT2D eigenvalue weighted by Gasteiger charge is -2.38. The van der Waals surface area contributed by atoms with Gasteiger partial charge < -0.3 is 40.2 Å². The van der Waals surface area contributed by atoms with Crippen LogP contribution in [-0.4, -0.2) is 88.2 Å². The van der Waals surface area contributed by atoms with Gasteiger partial charge in [0, 0.05) is 23.5 Å². The fraction of sp³-hybridized carbons (Fsp3) is 0.530. The molecule has 2 saturated carbocycles. The summed E-state index contributed by atoms with van der Waals surface area (Å²) in [6.07, 6.45) is 15.8. The number of aromatic amines is 1. The molecular weight excluding hydrogens is 987 g/mol. The second-order valence-corrected chi connectivity index (χ2v) is 23.9. The zero-order valence-electron chi connectivity index (χ0n) is 48.7. The summed E-state index contributed by atoms with van der Waals surface area (Å²) in [5.74, 6) is 1.23. The van der Waals surface area contributed by atoms with E-state index in [4.69, 9.17) is 14.5 Å². The first-order valence-electron chi connectivity index (χ1n) is 29.7. The van der Waals surface area contributed by atoms with E-state index in [-0.39, 0.29) is 47.8 Å². The van der Waals surface area contributed by atoms with Gasteiger partial charge in [-0.1, -0.05) is 134 Å². The first-order chi connectivity index (χ1) is 38.1. The van der Waals surface area contributed by atoms with Crippen LogP contribution in [0.15, 0.2) is 84.6 Å². The van der Waals surface area contributed by atoms with E-state index in [2.05, 4.69) is 137 Å². The van der Waals surface area contributed by atoms with Crippen molar-refractivity contribution in [2.24, 2.45) is 23.7 Å². The summed E-state index contributed by atoms with van der Waals surface area (Å²) in [5, 5.41) is 9.65. The van der Waals surface area contributed by atoms with Crippen LogP contribution in [0.4, 0.5) is 15.3 Å². The number of nitrogens with zero attached hydrogens (tertiary/aromatic N) is 3. The lowest BCUT2D eigenvalue weighted by atomic mass is 9.84. The summed E-state index contributed by atoms with van der Waals surface area (Å²) in [7, 11) is 2.68. The highest BCUT2D eigenvalue weighted by atomic mass is 16.5. The van der Waals surface area contributed by atoms with Crippen LogP contribution in [-0.2, 0) is 38.3 Å². The third-order valence-corrected chi connectivity index (χ3v) is 17.9. The molecule has 13 heteroatoms. The van der Waals surface area contributed by atoms with Crippen LogP contribution < -0.4 is 16.0 Å². The molecule has 8 atom stereocenters. The lowest BCUT2D eigenvalue weighted by molar-refractivity contribution is -0.138. The van der Waals surface area contributed by atoms with Crippen LogP contribution >= 0.6 is 0 Å². The van der Waals surface area contributed by atoms with E-state index in [1.165, 1.54) is 54.0 Å². The molecule has 13 nitrogen and oxygen atoms in total. The largest absolute Gasteiger partial charge is 0.453 e. The van der Waals surface area contributed by atoms with Gasteiger partial charge in [-0.3, -0.25) is 9.59 Å². The predicted octanol–water partition coefficient (Wildman–Crippen LogP) is 13.7. The van der Waals surface area contributed by atoms with Crippen molar-refractivity contribution >= 4 is 40.7 Å². The molecule has 4 N–H and O–H groups in total. The van der Waals surface area contributed by atoms with E-state index in [0.717, 1.165) is 135 Å². The maximum absolute atomic E-state index is 14.8. The van der Waals surface area contributed by atoms with E-state index < -0.39 is 24.3 Å². The van der Waals surface area contributed by atoms with Crippen molar-refractivity contribution in [2.75, 3.05) is 19.5 Å². The van der Waals surface area contributed by atoms with Gasteiger partial charge in [0.1, 0.15) is 17.9 Å². The zero-order valence-corrected chi connectivity index (χ0v) is 48.7. The van der Waals surface area contributed by atoms with Crippen LogP contribution in [0.2, 0.25) is 0 Å². The van der Waals surface area contributed by atoms with Crippen LogP contribution in [0.3, 0.4) is 0 Å². The van der Waals surface area contributed by atoms with Crippen LogP contribution in [0.25, 0.3) is 33.3 Å². The van der Waals surface area contributed by atoms with Crippen molar-refractivity contribution in [1.29, 1.82) is 0 Å². The Kier molecular flexibility index (Phi) is 18.2. The predicted molar refractivity (Wildman–Crippen MR) is 316 cm³/mol. The van der Waals surface area contributed by atoms with Crippen molar-refractivity contribution in [2.45, 2.75) is 188 Å². The van der Waals surface area contributed by atoms with E-state index in [1.54, 1.807) is 0 Å². The molecule has 4 amide bonds. The fourth-order valence-corrected chi connectivity index (χ4v) is 13.6. The molecule has 2 aliphatic carbocycles. The number of hydrogen-bond donors (Lipinski definition) is 4. The number of imidazole rings is 1. The molecule has 422 valence electrons. The molecule has 4 aliphatic rings. The number of benzene rings is 4. The van der Waals surface area contributed by atoms with Gasteiger partial charge >= 0.3 is 12.2 Å². The number of carbonyl (C=O) groups excluding carboxylic acids is 4. The Hall–Kier alpha value is -6.63. The highest BCUT2D eigenvalue weighted by Crippen LogP contribution is 2.47. The quantitative estimate of drug-likeness (QED) is 0.0675. The summed E-state index contributed by atoms with van der Waals surface area (Å²) >= 11 is 0. The topological polar surface area (TPSA) is 158 Å². The molecule has 8 unspecified atom stereocenters. The van der Waals surface area contributed by atoms with Crippen molar-refractivity contribution in [3.05, 3.63) is 118 Å². The number of fused-ring (bicyclic) bond motifs is 3. The first-order valence-corrected chi connectivity index (χ1v) is 29.7. The molecule has 1 aromatic heterocycles. The van der Waals surface area contributed by atoms with Gasteiger partial charge in [0.05, 0.1) is 37.3 Å². The minimum absolute atomic E-state index is 0.0348. The summed E-state index contributed by atoms with van der Waals surface area (Å²) in [4.78, 5) is 67.7. The Morgan fingerprint density at radius 3 is 1.90 bits per heavy atom. The maximum atomic E-state index is 14.8. The average molecular weight is 1070 g/mol. The van der Waals surface area contributed by atoms with Crippen LogP contribution in [0.1, 0.15) is 158 Å². The fourth-order valence-electron chi connectivity index (χ4n) is 13.6. The maximum Gasteiger partial charge on any atom is 0.407 e. The molecule has 0 radical (unpaired) electrons. The monoisotopic (exact) mass is 1070 g/mol. The number of amides is 4. The number of hydrogen-bond acceptors (Lipinski definition) is 8. The van der Waals surface area contributed by atoms with Crippen molar-refractivity contribution < 1.29 is 28.7 Å². The number of nitrogens with one attached hydrogen (secondary N) is 4. The summed E-state index contributed by atoms with van der Waals surface area (Å²) in [6, 6.07) is 25.5. The molecule has 0 spiro atoms. The number of likely N-dealkylation sites (tertiary alicyclic amines) is 2. The van der Waals surface area contributed by atoms with Crippen molar-refractivity contribution in [3.8, 4) is 22.3 Å². The normalized spacial score (nSPS) is 21.9. The highest BCUT2D eigenvalue weighted by molar-refractivity contribution is 5.89. The minimum Gasteiger partial charge on any atom is -0.453 e. The Labute approximate surface area is 469 Å². The van der Waals surface area contributed by atoms with Crippen molar-refractivity contribution in [3.63, 3.8) is 0 Å². The molecule has 5 aromatic rings. The second kappa shape index (κ2) is 25.2. The number of carbonyl (C=O) groups is 4. The molecular formula is C66H87N7O6. The molecule has 2 aliphatic heterocycles. The Balaban J connectivity index is 1.05. The zero-order chi connectivity index (χ0) is 56.1. The van der Waals surface area contributed by atoms with E-state index >= 15 is 0 Å². The third-order valence-electron chi connectivity index (χ3n) is 17.9. The summed E-state index contributed by atoms with van der Waals surface area (Å²) in [6.45, 7) is 16.6. The number of methoxy groups -OCH3 is 2. The van der Waals surface area contributed by atoms with Gasteiger partial charge in [0.2, 0.25) is 11.8 Å². The molecule has 2 saturated heterocycles. The highest BCUT2D eigenvalue weighted by Gasteiger charge is 2.50. The molecule has 4 fully saturated rings. The minimum atomic E-state index is -0.710. The lowest BCUT2D eigenvalue weighted by Crippen LogP contribution is -2.55. The van der Waals surface area contributed by atoms with Crippen LogP contribution in [0.5, 0.6) is 0 Å². The third kappa shape index (κ3) is 12.4. The van der Waals surface area contributed by atoms with Crippen LogP contribution in [0, 0.1) is 37.5 Å². The standard InChI is InChI=1S/C66H87N7O6/c1-11-13-20-54(58-37-48-18-14-16-21-56(48)72(58)63(74)60(39(3)4)70-65(76)78-9)67-52-31-29-45(33-42(52)8)50-35-46(28-27-43-25-23-41(7)24-26-43)51(34-44(50)12-2)47-30-32-53-55(36-47)69-62(68-53)59-38-49-19-15-17-22-57(49)73(59)64(75)61(40(5)6)71-66(77)79-10/h20,23-26,29-36,39-40,48-49,56-61,67H,11-19,21-22,27-28,37-38H2,1-10H3,(H,68,69)(H,70,76)(H,71,77)/b54-20+. The average Bonchev–Trinajstić information content (AvgIpc) is 4.39. The number of alkyl carbamates (subject to hydrolysis) is 2. The van der Waals surface area contributed by atoms with E-state index in [1.807, 2.05) is 27.7 Å². The number of ether oxygens (including phenoxy) is 2. The van der Waals surface area contributed by atoms with E-state index in [0.29, 0.717) is 11.8 Å². The number of unbranched alkanes of at least 4 members (excludes halogenated alkanes) is 1. The van der Waals surface area contributed by atoms with Gasteiger partial charge in [-0.15, -0.1) is 0 Å². The molecule has 4 aromatic carbocycles. The molecule has 3 heterocycles. The Bertz CT molecular complexity index is 3010. The van der Waals surface area contributed by atoms with Gasteiger partial charge in [-0.05, 0) is 171 Å². The van der Waals surface area contributed by atoms with Crippen molar-refractivity contribution in [1.82, 2.24) is 30.4 Å². The first kappa shape index (κ1) is 57.1. The van der Waals surface area contributed by atoms with Gasteiger partial charge in [-0.2, -0.15) is 0 Å². The number of allylic oxidation sites excluding steroid dienone is 1. The smallest absolute Gasteiger partial charge is 0.407 e. The molecule has 0 bridgehead atoms. The Morgan fingerprint density at radius 1 is 0.696 bits per heavy atom. The summed E-state index contributed by atoms with van der Waals surface area (Å²) in [5.41, 5.74) is 14.7. The van der Waals surface area contributed by atoms with E-state index in [9.17, 15) is 19.2 Å². The number of anilines is 1. The SMILES string of the molecule is CCC/C=C(/Nc1ccc(-c2cc(CCc3ccc(C)cc3)c(-c3ccc4[nH]c(C5CC6CCCCC6N5C(=O)C(NC(=O)OC)C(C)C)nc4c3)cc2CC)cc1C)C1CC2CCCCC2N1C(=O)C(NC(=O)OC)C(C)C. The van der Waals surface area contributed by atoms with Gasteiger partial charge in [-0.25, -0.2) is 14.6 Å².